The van der Waals surface area contributed by atoms with Gasteiger partial charge < -0.3 is 14.6 Å². The summed E-state index contributed by atoms with van der Waals surface area (Å²) in [6, 6.07) is 14.1. The molecule has 1 atom stereocenters. The first kappa shape index (κ1) is 22.4. The lowest BCUT2D eigenvalue weighted by Gasteiger charge is -2.34. The summed E-state index contributed by atoms with van der Waals surface area (Å²) in [6.07, 6.45) is 4.66. The molecule has 0 saturated carbocycles. The Morgan fingerprint density at radius 2 is 1.91 bits per heavy atom. The lowest BCUT2D eigenvalue weighted by molar-refractivity contribution is -0.140. The number of halogens is 2. The number of amides is 2. The average molecular weight is 472 g/mol. The summed E-state index contributed by atoms with van der Waals surface area (Å²) in [4.78, 5) is 31.8. The van der Waals surface area contributed by atoms with E-state index in [1.54, 1.807) is 29.3 Å². The summed E-state index contributed by atoms with van der Waals surface area (Å²) < 4.78 is 5.80. The predicted octanol–water partition coefficient (Wildman–Crippen LogP) is 5.60. The summed E-state index contributed by atoms with van der Waals surface area (Å²) >= 11 is 12.0. The van der Waals surface area contributed by atoms with Gasteiger partial charge in [-0.15, -0.1) is 0 Å². The lowest BCUT2D eigenvalue weighted by atomic mass is 10.0. The third kappa shape index (κ3) is 5.31. The maximum atomic E-state index is 13.0. The van der Waals surface area contributed by atoms with Crippen molar-refractivity contribution in [3.8, 4) is 11.3 Å². The van der Waals surface area contributed by atoms with E-state index in [0.29, 0.717) is 46.8 Å². The number of aromatic nitrogens is 1. The van der Waals surface area contributed by atoms with Gasteiger partial charge in [-0.1, -0.05) is 53.5 Å². The molecule has 1 aromatic heterocycles. The maximum absolute atomic E-state index is 13.0. The first-order valence-corrected chi connectivity index (χ1v) is 11.3. The molecule has 0 spiro atoms. The van der Waals surface area contributed by atoms with Gasteiger partial charge in [0.15, 0.2) is 11.7 Å². The highest BCUT2D eigenvalue weighted by atomic mass is 35.5. The fraction of sp³-hybridized carbons (Fsp3) is 0.292. The number of piperidine rings is 1. The van der Waals surface area contributed by atoms with Crippen molar-refractivity contribution in [2.75, 3.05) is 11.9 Å². The van der Waals surface area contributed by atoms with Crippen LogP contribution in [0.25, 0.3) is 11.3 Å². The first-order chi connectivity index (χ1) is 15.5. The number of oxazole rings is 1. The van der Waals surface area contributed by atoms with Crippen molar-refractivity contribution in [3.63, 3.8) is 0 Å². The molecule has 1 saturated heterocycles. The van der Waals surface area contributed by atoms with Gasteiger partial charge in [-0.25, -0.2) is 4.98 Å². The monoisotopic (exact) mass is 471 g/mol. The van der Waals surface area contributed by atoms with Crippen LogP contribution in [0.4, 0.5) is 5.69 Å². The fourth-order valence-electron chi connectivity index (χ4n) is 3.82. The summed E-state index contributed by atoms with van der Waals surface area (Å²) in [5.74, 6) is 0.869. The number of carbonyl (C=O) groups excluding carboxylic acids is 2. The third-order valence-corrected chi connectivity index (χ3v) is 6.22. The summed E-state index contributed by atoms with van der Waals surface area (Å²) in [5.41, 5.74) is 1.49. The quantitative estimate of drug-likeness (QED) is 0.507. The summed E-state index contributed by atoms with van der Waals surface area (Å²) in [7, 11) is 0. The average Bonchev–Trinajstić information content (AvgIpc) is 3.29. The normalized spacial score (nSPS) is 16.1. The van der Waals surface area contributed by atoms with Gasteiger partial charge in [-0.05, 0) is 37.5 Å². The van der Waals surface area contributed by atoms with Crippen molar-refractivity contribution in [2.24, 2.45) is 0 Å². The minimum atomic E-state index is -0.518. The fourth-order valence-corrected chi connectivity index (χ4v) is 4.12. The summed E-state index contributed by atoms with van der Waals surface area (Å²) in [5, 5.41) is 3.63. The van der Waals surface area contributed by atoms with E-state index in [0.717, 1.165) is 18.4 Å². The smallest absolute Gasteiger partial charge is 0.247 e. The minimum Gasteiger partial charge on any atom is -0.441 e. The number of nitrogens with zero attached hydrogens (tertiary/aromatic N) is 2. The van der Waals surface area contributed by atoms with Gasteiger partial charge in [0, 0.05) is 30.6 Å². The molecular weight excluding hydrogens is 449 g/mol. The van der Waals surface area contributed by atoms with E-state index >= 15 is 0 Å². The molecule has 2 heterocycles. The van der Waals surface area contributed by atoms with E-state index in [2.05, 4.69) is 10.3 Å². The first-order valence-electron chi connectivity index (χ1n) is 10.6. The molecule has 8 heteroatoms. The zero-order valence-electron chi connectivity index (χ0n) is 17.4. The molecule has 2 amide bonds. The molecule has 0 aliphatic carbocycles. The number of hydrogen-bond donors (Lipinski definition) is 1. The Morgan fingerprint density at radius 3 is 2.69 bits per heavy atom. The number of carbonyl (C=O) groups is 2. The largest absolute Gasteiger partial charge is 0.441 e. The number of nitrogens with one attached hydrogen (secondary N) is 1. The molecule has 4 rings (SSSR count). The Balaban J connectivity index is 1.37. The van der Waals surface area contributed by atoms with Crippen LogP contribution in [0.15, 0.2) is 59.1 Å². The Hall–Kier alpha value is -2.83. The van der Waals surface area contributed by atoms with E-state index in [1.165, 1.54) is 0 Å². The molecule has 1 fully saturated rings. The van der Waals surface area contributed by atoms with Crippen LogP contribution in [-0.2, 0) is 16.0 Å². The highest BCUT2D eigenvalue weighted by molar-refractivity contribution is 6.42. The number of rotatable bonds is 6. The zero-order chi connectivity index (χ0) is 22.5. The molecule has 1 unspecified atom stereocenters. The topological polar surface area (TPSA) is 75.4 Å². The van der Waals surface area contributed by atoms with Gasteiger partial charge in [0.2, 0.25) is 11.8 Å². The number of aryl methyl sites for hydroxylation is 1. The van der Waals surface area contributed by atoms with Gasteiger partial charge in [0.1, 0.15) is 6.04 Å². The van der Waals surface area contributed by atoms with Gasteiger partial charge in [0.05, 0.1) is 16.2 Å². The van der Waals surface area contributed by atoms with Crippen LogP contribution >= 0.6 is 23.2 Å². The van der Waals surface area contributed by atoms with Crippen LogP contribution in [0.3, 0.4) is 0 Å². The molecule has 2 aromatic carbocycles. The molecule has 1 aliphatic rings. The predicted molar refractivity (Wildman–Crippen MR) is 125 cm³/mol. The van der Waals surface area contributed by atoms with Crippen molar-refractivity contribution in [2.45, 2.75) is 38.1 Å². The number of anilines is 1. The van der Waals surface area contributed by atoms with Gasteiger partial charge >= 0.3 is 0 Å². The van der Waals surface area contributed by atoms with E-state index in [-0.39, 0.29) is 18.2 Å². The molecular formula is C24H23Cl2N3O3. The van der Waals surface area contributed by atoms with Crippen LogP contribution in [-0.4, -0.2) is 34.3 Å². The van der Waals surface area contributed by atoms with E-state index in [9.17, 15) is 9.59 Å². The molecule has 0 radical (unpaired) electrons. The van der Waals surface area contributed by atoms with Gasteiger partial charge in [-0.3, -0.25) is 9.59 Å². The minimum absolute atomic E-state index is 0.0848. The molecule has 1 aliphatic heterocycles. The number of hydrogen-bond acceptors (Lipinski definition) is 4. The van der Waals surface area contributed by atoms with Crippen molar-refractivity contribution in [1.82, 2.24) is 9.88 Å². The van der Waals surface area contributed by atoms with Crippen molar-refractivity contribution < 1.29 is 14.0 Å². The SMILES string of the molecule is O=C(Nc1ccc(Cl)c(Cl)c1)C1CCCCN1C(=O)CCc1ncc(-c2ccccc2)o1. The van der Waals surface area contributed by atoms with Crippen molar-refractivity contribution in [1.29, 1.82) is 0 Å². The highest BCUT2D eigenvalue weighted by Crippen LogP contribution is 2.26. The zero-order valence-corrected chi connectivity index (χ0v) is 18.9. The third-order valence-electron chi connectivity index (χ3n) is 5.48. The lowest BCUT2D eigenvalue weighted by Crippen LogP contribution is -2.50. The van der Waals surface area contributed by atoms with Crippen molar-refractivity contribution in [3.05, 3.63) is 70.7 Å². The van der Waals surface area contributed by atoms with Gasteiger partial charge in [-0.2, -0.15) is 0 Å². The van der Waals surface area contributed by atoms with Gasteiger partial charge in [0.25, 0.3) is 0 Å². The molecule has 166 valence electrons. The molecule has 0 bridgehead atoms. The van der Waals surface area contributed by atoms with Crippen molar-refractivity contribution >= 4 is 40.7 Å². The number of likely N-dealkylation sites (tertiary alicyclic amines) is 1. The Labute approximate surface area is 196 Å². The molecule has 3 aromatic rings. The summed E-state index contributed by atoms with van der Waals surface area (Å²) in [6.45, 7) is 0.555. The molecule has 6 nitrogen and oxygen atoms in total. The van der Waals surface area contributed by atoms with Crippen LogP contribution in [0.2, 0.25) is 10.0 Å². The Kier molecular flexibility index (Phi) is 7.12. The Morgan fingerprint density at radius 1 is 1.09 bits per heavy atom. The standard InChI is InChI=1S/C24H23Cl2N3O3/c25-18-10-9-17(14-19(18)26)28-24(31)20-8-4-5-13-29(20)23(30)12-11-22-27-15-21(32-22)16-6-2-1-3-7-16/h1-3,6-7,9-10,14-15,20H,4-5,8,11-13H2,(H,28,31). The number of benzene rings is 2. The second-order valence-electron chi connectivity index (χ2n) is 7.70. The van der Waals surface area contributed by atoms with Crippen LogP contribution < -0.4 is 5.32 Å². The molecule has 1 N–H and O–H groups in total. The second-order valence-corrected chi connectivity index (χ2v) is 8.52. The second kappa shape index (κ2) is 10.2. The Bertz CT molecular complexity index is 1100. The highest BCUT2D eigenvalue weighted by Gasteiger charge is 2.32. The van der Waals surface area contributed by atoms with E-state index < -0.39 is 6.04 Å². The van der Waals surface area contributed by atoms with E-state index in [1.807, 2.05) is 30.3 Å². The maximum Gasteiger partial charge on any atom is 0.247 e. The molecule has 32 heavy (non-hydrogen) atoms. The van der Waals surface area contributed by atoms with Crippen LogP contribution in [0.5, 0.6) is 0 Å². The van der Waals surface area contributed by atoms with E-state index in [4.69, 9.17) is 27.6 Å². The van der Waals surface area contributed by atoms with Crippen LogP contribution in [0, 0.1) is 0 Å². The van der Waals surface area contributed by atoms with Crippen LogP contribution in [0.1, 0.15) is 31.6 Å².